The minimum atomic E-state index is -3.27. The molecular weight excluding hydrogens is 238 g/mol. The number of carbonyl (C=O) groups is 2. The highest BCUT2D eigenvalue weighted by atomic mass is 32.2. The van der Waals surface area contributed by atoms with E-state index in [4.69, 9.17) is 10.2 Å². The number of sulfone groups is 1. The molecule has 0 radical (unpaired) electrons. The highest BCUT2D eigenvalue weighted by Gasteiger charge is 2.24. The fraction of sp³-hybridized carbons (Fsp3) is 0.750. The average molecular weight is 253 g/mol. The smallest absolute Gasteiger partial charge is 0.328 e. The number of carboxylic acid groups (broad SMARTS) is 1. The summed E-state index contributed by atoms with van der Waals surface area (Å²) in [5, 5.41) is 19.7. The Hall–Kier alpha value is -1.15. The Labute approximate surface area is 93.4 Å². The van der Waals surface area contributed by atoms with Crippen LogP contribution in [0.15, 0.2) is 0 Å². The molecule has 8 heteroatoms. The predicted octanol–water partition coefficient (Wildman–Crippen LogP) is -1.63. The van der Waals surface area contributed by atoms with E-state index in [0.29, 0.717) is 0 Å². The number of carbonyl (C=O) groups excluding carboxylic acids is 1. The number of carboxylic acids is 1. The molecule has 0 aliphatic carbocycles. The zero-order valence-corrected chi connectivity index (χ0v) is 9.82. The molecule has 0 aromatic carbocycles. The largest absolute Gasteiger partial charge is 0.480 e. The van der Waals surface area contributed by atoms with Crippen molar-refractivity contribution in [3.63, 3.8) is 0 Å². The van der Waals surface area contributed by atoms with Gasteiger partial charge < -0.3 is 15.5 Å². The summed E-state index contributed by atoms with van der Waals surface area (Å²) in [7, 11) is -3.27. The number of hydrogen-bond acceptors (Lipinski definition) is 5. The van der Waals surface area contributed by atoms with Crippen molar-refractivity contribution in [3.05, 3.63) is 0 Å². The van der Waals surface area contributed by atoms with Gasteiger partial charge >= 0.3 is 5.97 Å². The van der Waals surface area contributed by atoms with Gasteiger partial charge in [-0.1, -0.05) is 0 Å². The first-order chi connectivity index (χ1) is 7.13. The third-order valence-electron chi connectivity index (χ3n) is 1.76. The summed E-state index contributed by atoms with van der Waals surface area (Å²) >= 11 is 0. The molecule has 94 valence electrons. The number of rotatable bonds is 6. The zero-order valence-electron chi connectivity index (χ0n) is 9.00. The third-order valence-corrected chi connectivity index (χ3v) is 2.71. The highest BCUT2D eigenvalue weighted by Crippen LogP contribution is 1.95. The van der Waals surface area contributed by atoms with E-state index in [1.165, 1.54) is 6.92 Å². The molecule has 3 N–H and O–H groups in total. The van der Waals surface area contributed by atoms with Gasteiger partial charge in [0.1, 0.15) is 9.84 Å². The first-order valence-electron chi connectivity index (χ1n) is 4.51. The Morgan fingerprint density at radius 3 is 2.19 bits per heavy atom. The molecule has 0 unspecified atom stereocenters. The lowest BCUT2D eigenvalue weighted by molar-refractivity contribution is -0.144. The van der Waals surface area contributed by atoms with Crippen molar-refractivity contribution in [1.82, 2.24) is 5.32 Å². The maximum absolute atomic E-state index is 11.2. The SMILES string of the molecule is C[C@@H](O)[C@H](NC(=O)CCS(C)(=O)=O)C(=O)O. The van der Waals surface area contributed by atoms with Gasteiger partial charge in [0, 0.05) is 12.7 Å². The topological polar surface area (TPSA) is 121 Å². The van der Waals surface area contributed by atoms with Crippen LogP contribution in [-0.4, -0.2) is 54.7 Å². The van der Waals surface area contributed by atoms with Crippen molar-refractivity contribution in [2.45, 2.75) is 25.5 Å². The fourth-order valence-corrected chi connectivity index (χ4v) is 1.47. The van der Waals surface area contributed by atoms with E-state index in [1.807, 2.05) is 5.32 Å². The molecule has 0 aliphatic heterocycles. The molecule has 0 aromatic rings. The first kappa shape index (κ1) is 14.8. The van der Waals surface area contributed by atoms with Crippen LogP contribution in [0.1, 0.15) is 13.3 Å². The van der Waals surface area contributed by atoms with Crippen LogP contribution in [0, 0.1) is 0 Å². The van der Waals surface area contributed by atoms with Crippen molar-refractivity contribution >= 4 is 21.7 Å². The molecule has 0 bridgehead atoms. The normalized spacial score (nSPS) is 15.2. The van der Waals surface area contributed by atoms with Crippen LogP contribution in [0.25, 0.3) is 0 Å². The lowest BCUT2D eigenvalue weighted by Gasteiger charge is -2.16. The summed E-state index contributed by atoms with van der Waals surface area (Å²) in [5.41, 5.74) is 0. The van der Waals surface area contributed by atoms with Gasteiger partial charge in [0.25, 0.3) is 0 Å². The molecule has 0 saturated carbocycles. The van der Waals surface area contributed by atoms with Crippen LogP contribution >= 0.6 is 0 Å². The molecule has 0 fully saturated rings. The second-order valence-electron chi connectivity index (χ2n) is 3.50. The van der Waals surface area contributed by atoms with Gasteiger partial charge in [-0.2, -0.15) is 0 Å². The van der Waals surface area contributed by atoms with E-state index in [2.05, 4.69) is 0 Å². The van der Waals surface area contributed by atoms with Gasteiger partial charge in [0.05, 0.1) is 11.9 Å². The Kier molecular flexibility index (Phi) is 5.39. The summed E-state index contributed by atoms with van der Waals surface area (Å²) in [6.07, 6.45) is -0.599. The summed E-state index contributed by atoms with van der Waals surface area (Å²) in [6, 6.07) is -1.42. The van der Waals surface area contributed by atoms with E-state index in [1.54, 1.807) is 0 Å². The molecule has 0 saturated heterocycles. The van der Waals surface area contributed by atoms with Crippen molar-refractivity contribution in [2.24, 2.45) is 0 Å². The van der Waals surface area contributed by atoms with Gasteiger partial charge in [-0.25, -0.2) is 13.2 Å². The monoisotopic (exact) mass is 253 g/mol. The maximum Gasteiger partial charge on any atom is 0.328 e. The van der Waals surface area contributed by atoms with Gasteiger partial charge in [-0.3, -0.25) is 4.79 Å². The van der Waals surface area contributed by atoms with Crippen molar-refractivity contribution in [1.29, 1.82) is 0 Å². The number of amides is 1. The fourth-order valence-electron chi connectivity index (χ4n) is 0.912. The van der Waals surface area contributed by atoms with Gasteiger partial charge in [-0.15, -0.1) is 0 Å². The van der Waals surface area contributed by atoms with E-state index in [-0.39, 0.29) is 12.2 Å². The van der Waals surface area contributed by atoms with E-state index < -0.39 is 33.9 Å². The summed E-state index contributed by atoms with van der Waals surface area (Å²) < 4.78 is 21.5. The summed E-state index contributed by atoms with van der Waals surface area (Å²) in [6.45, 7) is 1.22. The minimum absolute atomic E-state index is 0.324. The standard InChI is InChI=1S/C8H15NO6S/c1-5(10)7(8(12)13)9-6(11)3-4-16(2,14)15/h5,7,10H,3-4H2,1-2H3,(H,9,11)(H,12,13)/t5-,7+/m1/s1. The summed E-state index contributed by atoms with van der Waals surface area (Å²) in [4.78, 5) is 21.7. The predicted molar refractivity (Wildman–Crippen MR) is 55.6 cm³/mol. The van der Waals surface area contributed by atoms with Crippen LogP contribution in [-0.2, 0) is 19.4 Å². The quantitative estimate of drug-likeness (QED) is 0.522. The van der Waals surface area contributed by atoms with E-state index >= 15 is 0 Å². The third kappa shape index (κ3) is 6.36. The highest BCUT2D eigenvalue weighted by molar-refractivity contribution is 7.90. The van der Waals surface area contributed by atoms with Gasteiger partial charge in [0.2, 0.25) is 5.91 Å². The van der Waals surface area contributed by atoms with E-state index in [9.17, 15) is 18.0 Å². The lowest BCUT2D eigenvalue weighted by Crippen LogP contribution is -2.47. The zero-order chi connectivity index (χ0) is 12.9. The summed E-state index contributed by atoms with van der Waals surface area (Å²) in [5.74, 6) is -2.45. The molecule has 1 amide bonds. The molecule has 0 aliphatic rings. The number of aliphatic hydroxyl groups excluding tert-OH is 1. The number of hydrogen-bond donors (Lipinski definition) is 3. The number of aliphatic carboxylic acids is 1. The van der Waals surface area contributed by atoms with Crippen LogP contribution in [0.3, 0.4) is 0 Å². The molecule has 16 heavy (non-hydrogen) atoms. The van der Waals surface area contributed by atoms with Crippen LogP contribution in [0.4, 0.5) is 0 Å². The van der Waals surface area contributed by atoms with Crippen molar-refractivity contribution in [3.8, 4) is 0 Å². The van der Waals surface area contributed by atoms with Gasteiger partial charge in [-0.05, 0) is 6.92 Å². The van der Waals surface area contributed by atoms with E-state index in [0.717, 1.165) is 6.26 Å². The average Bonchev–Trinajstić information content (AvgIpc) is 2.08. The molecule has 0 spiro atoms. The lowest BCUT2D eigenvalue weighted by atomic mass is 10.2. The van der Waals surface area contributed by atoms with Crippen LogP contribution in [0.5, 0.6) is 0 Å². The molecule has 7 nitrogen and oxygen atoms in total. The molecule has 0 rings (SSSR count). The Morgan fingerprint density at radius 1 is 1.38 bits per heavy atom. The molecular formula is C8H15NO6S. The molecule has 0 aromatic heterocycles. The Morgan fingerprint density at radius 2 is 1.88 bits per heavy atom. The Bertz CT molecular complexity index is 361. The number of aliphatic hydroxyl groups is 1. The van der Waals surface area contributed by atoms with Crippen molar-refractivity contribution < 1.29 is 28.2 Å². The van der Waals surface area contributed by atoms with Crippen LogP contribution in [0.2, 0.25) is 0 Å². The Balaban J connectivity index is 4.27. The van der Waals surface area contributed by atoms with Gasteiger partial charge in [0.15, 0.2) is 6.04 Å². The second kappa shape index (κ2) is 5.80. The number of nitrogens with one attached hydrogen (secondary N) is 1. The molecule has 0 heterocycles. The van der Waals surface area contributed by atoms with Crippen LogP contribution < -0.4 is 5.32 Å². The van der Waals surface area contributed by atoms with Crippen molar-refractivity contribution in [2.75, 3.05) is 12.0 Å². The first-order valence-corrected chi connectivity index (χ1v) is 6.57. The molecule has 2 atom stereocenters. The maximum atomic E-state index is 11.2. The minimum Gasteiger partial charge on any atom is -0.480 e. The second-order valence-corrected chi connectivity index (χ2v) is 5.76.